The van der Waals surface area contributed by atoms with Crippen molar-refractivity contribution in [2.75, 3.05) is 0 Å². The molecule has 4 heteroatoms. The van der Waals surface area contributed by atoms with Crippen LogP contribution in [-0.2, 0) is 0 Å². The van der Waals surface area contributed by atoms with Gasteiger partial charge in [-0.2, -0.15) is 0 Å². The van der Waals surface area contributed by atoms with Gasteiger partial charge in [0.05, 0.1) is 5.02 Å². The Kier molecular flexibility index (Phi) is 5.53. The number of aromatic amines is 1. The number of H-pyrrole nitrogens is 1. The van der Waals surface area contributed by atoms with E-state index >= 15 is 0 Å². The molecule has 29 heavy (non-hydrogen) atoms. The van der Waals surface area contributed by atoms with Crippen LogP contribution in [0.25, 0.3) is 11.1 Å². The van der Waals surface area contributed by atoms with Gasteiger partial charge >= 0.3 is 0 Å². The smallest absolute Gasteiger partial charge is 0.196 e. The summed E-state index contributed by atoms with van der Waals surface area (Å²) in [6.07, 6.45) is 3.49. The maximum absolute atomic E-state index is 13.1. The minimum atomic E-state index is -0.172. The Morgan fingerprint density at radius 3 is 2.31 bits per heavy atom. The largest absolute Gasteiger partial charge is 0.366 e. The third-order valence-corrected chi connectivity index (χ3v) is 5.05. The minimum Gasteiger partial charge on any atom is -0.366 e. The predicted octanol–water partition coefficient (Wildman–Crippen LogP) is 6.62. The van der Waals surface area contributed by atoms with Gasteiger partial charge in [-0.25, -0.2) is 0 Å². The van der Waals surface area contributed by atoms with Gasteiger partial charge in [0.15, 0.2) is 5.78 Å². The maximum atomic E-state index is 13.1. The highest BCUT2D eigenvalue weighted by Crippen LogP contribution is 2.30. The van der Waals surface area contributed by atoms with E-state index in [1.165, 1.54) is 0 Å². The summed E-state index contributed by atoms with van der Waals surface area (Å²) in [6, 6.07) is 22.4. The molecule has 2 nitrogen and oxygen atoms in total. The monoisotopic (exact) mass is 415 g/mol. The Bertz CT molecular complexity index is 1250. The zero-order valence-corrected chi connectivity index (χ0v) is 16.8. The van der Waals surface area contributed by atoms with Crippen LogP contribution in [0.3, 0.4) is 0 Å². The van der Waals surface area contributed by atoms with Crippen LogP contribution in [0.5, 0.6) is 0 Å². The lowest BCUT2D eigenvalue weighted by atomic mass is 9.95. The molecule has 0 unspecified atom stereocenters. The fourth-order valence-corrected chi connectivity index (χ4v) is 3.58. The number of nitrogens with one attached hydrogen (secondary N) is 1. The summed E-state index contributed by atoms with van der Waals surface area (Å²) in [7, 11) is 0. The van der Waals surface area contributed by atoms with Crippen molar-refractivity contribution >= 4 is 29.0 Å². The summed E-state index contributed by atoms with van der Waals surface area (Å²) in [6.45, 7) is 0. The van der Waals surface area contributed by atoms with Crippen LogP contribution < -0.4 is 0 Å². The highest BCUT2D eigenvalue weighted by Gasteiger charge is 2.19. The molecule has 0 aliphatic carbocycles. The van der Waals surface area contributed by atoms with Gasteiger partial charge in [0.1, 0.15) is 0 Å². The molecule has 0 radical (unpaired) electrons. The molecule has 3 aromatic carbocycles. The molecule has 0 saturated carbocycles. The van der Waals surface area contributed by atoms with Crippen molar-refractivity contribution in [2.24, 2.45) is 0 Å². The molecule has 4 rings (SSSR count). The molecule has 0 fully saturated rings. The molecule has 0 saturated heterocycles. The lowest BCUT2D eigenvalue weighted by molar-refractivity contribution is 0.103. The minimum absolute atomic E-state index is 0.172. The fourth-order valence-electron chi connectivity index (χ4n) is 3.08. The highest BCUT2D eigenvalue weighted by atomic mass is 35.5. The number of hydrogen-bond donors (Lipinski definition) is 1. The second-order valence-corrected chi connectivity index (χ2v) is 7.24. The second-order valence-electron chi connectivity index (χ2n) is 6.40. The van der Waals surface area contributed by atoms with Crippen LogP contribution in [0, 0.1) is 11.8 Å². The van der Waals surface area contributed by atoms with Crippen LogP contribution in [0.1, 0.15) is 27.0 Å². The average molecular weight is 416 g/mol. The van der Waals surface area contributed by atoms with Gasteiger partial charge in [-0.3, -0.25) is 4.79 Å². The number of benzene rings is 3. The van der Waals surface area contributed by atoms with Crippen molar-refractivity contribution in [3.63, 3.8) is 0 Å². The molecule has 0 aliphatic rings. The number of carbonyl (C=O) groups is 1. The SMILES string of the molecule is O=C(c1ccc(Cl)cc1Cl)c1c[nH]cc1-c1ccccc1C#Cc1ccccc1. The first-order valence-electron chi connectivity index (χ1n) is 8.96. The first-order valence-corrected chi connectivity index (χ1v) is 9.72. The van der Waals surface area contributed by atoms with E-state index in [1.54, 1.807) is 30.6 Å². The molecule has 0 aliphatic heterocycles. The number of rotatable bonds is 3. The number of carbonyl (C=O) groups excluding carboxylic acids is 1. The normalized spacial score (nSPS) is 10.3. The topological polar surface area (TPSA) is 32.9 Å². The molecule has 0 spiro atoms. The first-order chi connectivity index (χ1) is 14.1. The third kappa shape index (κ3) is 4.12. The molecule has 140 valence electrons. The van der Waals surface area contributed by atoms with Crippen molar-refractivity contribution in [3.8, 4) is 23.0 Å². The molecule has 1 N–H and O–H groups in total. The van der Waals surface area contributed by atoms with E-state index < -0.39 is 0 Å². The van der Waals surface area contributed by atoms with Crippen LogP contribution in [-0.4, -0.2) is 10.8 Å². The van der Waals surface area contributed by atoms with Crippen LogP contribution in [0.15, 0.2) is 85.2 Å². The fraction of sp³-hybridized carbons (Fsp3) is 0. The van der Waals surface area contributed by atoms with Crippen LogP contribution in [0.4, 0.5) is 0 Å². The van der Waals surface area contributed by atoms with Crippen molar-refractivity contribution in [2.45, 2.75) is 0 Å². The van der Waals surface area contributed by atoms with Gasteiger partial charge in [-0.05, 0) is 42.0 Å². The van der Waals surface area contributed by atoms with Crippen molar-refractivity contribution in [1.82, 2.24) is 4.98 Å². The molecule has 0 atom stereocenters. The zero-order chi connectivity index (χ0) is 20.2. The zero-order valence-electron chi connectivity index (χ0n) is 15.2. The molecular weight excluding hydrogens is 401 g/mol. The number of halogens is 2. The molecule has 0 amide bonds. The standard InChI is InChI=1S/C25H15Cl2NO/c26-19-12-13-21(24(27)14-19)25(29)23-16-28-15-22(23)20-9-5-4-8-18(20)11-10-17-6-2-1-3-7-17/h1-9,12-16,28H. The number of aromatic nitrogens is 1. The third-order valence-electron chi connectivity index (χ3n) is 4.50. The van der Waals surface area contributed by atoms with E-state index in [1.807, 2.05) is 54.6 Å². The van der Waals surface area contributed by atoms with E-state index in [0.29, 0.717) is 21.2 Å². The van der Waals surface area contributed by atoms with Crippen molar-refractivity contribution in [3.05, 3.63) is 117 Å². The molecule has 0 bridgehead atoms. The van der Waals surface area contributed by atoms with Crippen LogP contribution >= 0.6 is 23.2 Å². The first kappa shape index (κ1) is 19.1. The van der Waals surface area contributed by atoms with Gasteiger partial charge < -0.3 is 4.98 Å². The summed E-state index contributed by atoms with van der Waals surface area (Å²) >= 11 is 12.2. The van der Waals surface area contributed by atoms with E-state index in [0.717, 1.165) is 22.3 Å². The predicted molar refractivity (Wildman–Crippen MR) is 119 cm³/mol. The van der Waals surface area contributed by atoms with E-state index in [4.69, 9.17) is 23.2 Å². The van der Waals surface area contributed by atoms with Crippen molar-refractivity contribution < 1.29 is 4.79 Å². The Labute approximate surface area is 179 Å². The Balaban J connectivity index is 1.76. The van der Waals surface area contributed by atoms with Crippen LogP contribution in [0.2, 0.25) is 10.0 Å². The molecular formula is C25H15Cl2NO. The summed E-state index contributed by atoms with van der Waals surface area (Å²) in [5.74, 6) is 6.23. The Morgan fingerprint density at radius 2 is 1.52 bits per heavy atom. The lowest BCUT2D eigenvalue weighted by Gasteiger charge is -2.08. The molecule has 1 heterocycles. The summed E-state index contributed by atoms with van der Waals surface area (Å²) in [5.41, 5.74) is 4.37. The molecule has 1 aromatic heterocycles. The van der Waals surface area contributed by atoms with Gasteiger partial charge in [-0.15, -0.1) is 0 Å². The Hall–Kier alpha value is -3.25. The summed E-state index contributed by atoms with van der Waals surface area (Å²) < 4.78 is 0. The van der Waals surface area contributed by atoms with Gasteiger partial charge in [0.25, 0.3) is 0 Å². The number of ketones is 1. The highest BCUT2D eigenvalue weighted by molar-refractivity contribution is 6.37. The molecule has 4 aromatic rings. The van der Waals surface area contributed by atoms with Crippen molar-refractivity contribution in [1.29, 1.82) is 0 Å². The second kappa shape index (κ2) is 8.41. The van der Waals surface area contributed by atoms with E-state index in [-0.39, 0.29) is 5.78 Å². The quantitative estimate of drug-likeness (QED) is 0.296. The summed E-state index contributed by atoms with van der Waals surface area (Å²) in [5, 5.41) is 0.814. The number of hydrogen-bond acceptors (Lipinski definition) is 1. The maximum Gasteiger partial charge on any atom is 0.196 e. The van der Waals surface area contributed by atoms with Gasteiger partial charge in [0.2, 0.25) is 0 Å². The lowest BCUT2D eigenvalue weighted by Crippen LogP contribution is -2.03. The van der Waals surface area contributed by atoms with Gasteiger partial charge in [0, 0.05) is 45.2 Å². The van der Waals surface area contributed by atoms with E-state index in [2.05, 4.69) is 16.8 Å². The Morgan fingerprint density at radius 1 is 0.759 bits per heavy atom. The summed E-state index contributed by atoms with van der Waals surface area (Å²) in [4.78, 5) is 16.2. The average Bonchev–Trinajstić information content (AvgIpc) is 3.22. The van der Waals surface area contributed by atoms with Gasteiger partial charge in [-0.1, -0.05) is 71.4 Å². The van der Waals surface area contributed by atoms with E-state index in [9.17, 15) is 4.79 Å².